The molecule has 0 aliphatic heterocycles. The lowest BCUT2D eigenvalue weighted by atomic mass is 10.1. The SMILES string of the molecule is Cc1ccccc1NS(=O)(=O)c1cc(C(=O)NC(C)c2ccccc2)ccc1C. The number of anilines is 1. The van der Waals surface area contributed by atoms with E-state index < -0.39 is 10.0 Å². The van der Waals surface area contributed by atoms with Gasteiger partial charge in [0.05, 0.1) is 16.6 Å². The number of amides is 1. The zero-order chi connectivity index (χ0) is 21.0. The van der Waals surface area contributed by atoms with Crippen molar-refractivity contribution in [1.29, 1.82) is 0 Å². The average molecular weight is 409 g/mol. The van der Waals surface area contributed by atoms with Gasteiger partial charge in [-0.3, -0.25) is 9.52 Å². The third-order valence-electron chi connectivity index (χ3n) is 4.78. The Morgan fingerprint density at radius 2 is 1.52 bits per heavy atom. The Morgan fingerprint density at radius 1 is 0.862 bits per heavy atom. The van der Waals surface area contributed by atoms with Crippen molar-refractivity contribution in [3.63, 3.8) is 0 Å². The number of hydrogen-bond donors (Lipinski definition) is 2. The third kappa shape index (κ3) is 4.84. The van der Waals surface area contributed by atoms with E-state index in [1.54, 1.807) is 31.2 Å². The van der Waals surface area contributed by atoms with Crippen molar-refractivity contribution in [2.75, 3.05) is 4.72 Å². The highest BCUT2D eigenvalue weighted by atomic mass is 32.2. The van der Waals surface area contributed by atoms with Gasteiger partial charge in [0.1, 0.15) is 0 Å². The number of rotatable bonds is 6. The van der Waals surface area contributed by atoms with Crippen LogP contribution < -0.4 is 10.0 Å². The van der Waals surface area contributed by atoms with Crippen LogP contribution in [-0.2, 0) is 10.0 Å². The summed E-state index contributed by atoms with van der Waals surface area (Å²) >= 11 is 0. The summed E-state index contributed by atoms with van der Waals surface area (Å²) in [6.45, 7) is 5.43. The maximum Gasteiger partial charge on any atom is 0.262 e. The van der Waals surface area contributed by atoms with E-state index in [1.165, 1.54) is 6.07 Å². The molecule has 29 heavy (non-hydrogen) atoms. The third-order valence-corrected chi connectivity index (χ3v) is 6.28. The molecule has 0 radical (unpaired) electrons. The van der Waals surface area contributed by atoms with E-state index in [0.717, 1.165) is 11.1 Å². The van der Waals surface area contributed by atoms with Crippen LogP contribution in [0.4, 0.5) is 5.69 Å². The molecule has 0 saturated heterocycles. The highest BCUT2D eigenvalue weighted by Gasteiger charge is 2.20. The molecule has 3 rings (SSSR count). The Kier molecular flexibility index (Phi) is 6.03. The lowest BCUT2D eigenvalue weighted by Crippen LogP contribution is -2.27. The number of carbonyl (C=O) groups excluding carboxylic acids is 1. The van der Waals surface area contributed by atoms with Crippen LogP contribution in [0.15, 0.2) is 77.7 Å². The van der Waals surface area contributed by atoms with Crippen molar-refractivity contribution in [2.24, 2.45) is 0 Å². The Bertz CT molecular complexity index is 1130. The molecule has 0 aliphatic carbocycles. The molecule has 0 saturated carbocycles. The summed E-state index contributed by atoms with van der Waals surface area (Å²) in [5.41, 5.74) is 3.17. The summed E-state index contributed by atoms with van der Waals surface area (Å²) in [6.07, 6.45) is 0. The highest BCUT2D eigenvalue weighted by molar-refractivity contribution is 7.92. The van der Waals surface area contributed by atoms with Gasteiger partial charge in [0.2, 0.25) is 0 Å². The van der Waals surface area contributed by atoms with Crippen LogP contribution in [0.3, 0.4) is 0 Å². The van der Waals surface area contributed by atoms with E-state index in [4.69, 9.17) is 0 Å². The molecule has 1 atom stereocenters. The van der Waals surface area contributed by atoms with Crippen molar-refractivity contribution < 1.29 is 13.2 Å². The fourth-order valence-corrected chi connectivity index (χ4v) is 4.43. The van der Waals surface area contributed by atoms with Gasteiger partial charge in [-0.25, -0.2) is 8.42 Å². The first kappa shape index (κ1) is 20.6. The Labute approximate surface area is 171 Å². The fourth-order valence-electron chi connectivity index (χ4n) is 3.02. The summed E-state index contributed by atoms with van der Waals surface area (Å²) < 4.78 is 28.5. The van der Waals surface area contributed by atoms with Crippen LogP contribution in [0.25, 0.3) is 0 Å². The first-order chi connectivity index (χ1) is 13.8. The van der Waals surface area contributed by atoms with Crippen molar-refractivity contribution >= 4 is 21.6 Å². The van der Waals surface area contributed by atoms with Gasteiger partial charge in [-0.15, -0.1) is 0 Å². The highest BCUT2D eigenvalue weighted by Crippen LogP contribution is 2.23. The maximum absolute atomic E-state index is 13.0. The van der Waals surface area contributed by atoms with Gasteiger partial charge < -0.3 is 5.32 Å². The van der Waals surface area contributed by atoms with Crippen LogP contribution in [0.2, 0.25) is 0 Å². The Balaban J connectivity index is 1.85. The quantitative estimate of drug-likeness (QED) is 0.626. The summed E-state index contributed by atoms with van der Waals surface area (Å²) in [4.78, 5) is 12.8. The number of para-hydroxylation sites is 1. The van der Waals surface area contributed by atoms with Crippen LogP contribution >= 0.6 is 0 Å². The largest absolute Gasteiger partial charge is 0.346 e. The van der Waals surface area contributed by atoms with Crippen molar-refractivity contribution in [3.05, 3.63) is 95.1 Å². The van der Waals surface area contributed by atoms with Crippen LogP contribution in [-0.4, -0.2) is 14.3 Å². The van der Waals surface area contributed by atoms with E-state index in [0.29, 0.717) is 16.8 Å². The van der Waals surface area contributed by atoms with Gasteiger partial charge in [-0.2, -0.15) is 0 Å². The number of aryl methyl sites for hydroxylation is 2. The predicted molar refractivity (Wildman–Crippen MR) is 115 cm³/mol. The topological polar surface area (TPSA) is 75.3 Å². The van der Waals surface area contributed by atoms with E-state index >= 15 is 0 Å². The van der Waals surface area contributed by atoms with E-state index in [2.05, 4.69) is 10.0 Å². The Hall–Kier alpha value is -3.12. The maximum atomic E-state index is 13.0. The minimum Gasteiger partial charge on any atom is -0.346 e. The lowest BCUT2D eigenvalue weighted by molar-refractivity contribution is 0.0939. The molecule has 0 aliphatic rings. The summed E-state index contributed by atoms with van der Waals surface area (Å²) in [5.74, 6) is -0.325. The zero-order valence-electron chi connectivity index (χ0n) is 16.6. The molecule has 1 amide bonds. The van der Waals surface area contributed by atoms with Crippen LogP contribution in [0.5, 0.6) is 0 Å². The number of hydrogen-bond acceptors (Lipinski definition) is 3. The van der Waals surface area contributed by atoms with Crippen molar-refractivity contribution in [3.8, 4) is 0 Å². The van der Waals surface area contributed by atoms with Gasteiger partial charge in [-0.1, -0.05) is 54.6 Å². The number of nitrogens with one attached hydrogen (secondary N) is 2. The zero-order valence-corrected chi connectivity index (χ0v) is 17.5. The van der Waals surface area contributed by atoms with Gasteiger partial charge in [0.25, 0.3) is 15.9 Å². The van der Waals surface area contributed by atoms with Gasteiger partial charge in [0.15, 0.2) is 0 Å². The van der Waals surface area contributed by atoms with Gasteiger partial charge >= 0.3 is 0 Å². The van der Waals surface area contributed by atoms with E-state index in [9.17, 15) is 13.2 Å². The first-order valence-corrected chi connectivity index (χ1v) is 10.8. The molecule has 1 unspecified atom stereocenters. The molecule has 0 bridgehead atoms. The van der Waals surface area contributed by atoms with E-state index in [1.807, 2.05) is 56.3 Å². The van der Waals surface area contributed by atoms with Crippen LogP contribution in [0.1, 0.15) is 40.0 Å². The van der Waals surface area contributed by atoms with Gasteiger partial charge in [0, 0.05) is 5.56 Å². The second kappa shape index (κ2) is 8.49. The average Bonchev–Trinajstić information content (AvgIpc) is 2.70. The molecule has 2 N–H and O–H groups in total. The molecule has 5 nitrogen and oxygen atoms in total. The molecule has 0 aromatic heterocycles. The molecule has 150 valence electrons. The van der Waals surface area contributed by atoms with Crippen LogP contribution in [0, 0.1) is 13.8 Å². The number of sulfonamides is 1. The summed E-state index contributed by atoms with van der Waals surface area (Å²) in [7, 11) is -3.83. The number of benzene rings is 3. The molecule has 6 heteroatoms. The van der Waals surface area contributed by atoms with E-state index in [-0.39, 0.29) is 16.8 Å². The smallest absolute Gasteiger partial charge is 0.262 e. The Morgan fingerprint density at radius 3 is 2.21 bits per heavy atom. The number of carbonyl (C=O) groups is 1. The normalized spacial score (nSPS) is 12.2. The minimum atomic E-state index is -3.83. The monoisotopic (exact) mass is 408 g/mol. The molecular weight excluding hydrogens is 384 g/mol. The predicted octanol–water partition coefficient (Wildman–Crippen LogP) is 4.60. The molecule has 0 heterocycles. The first-order valence-electron chi connectivity index (χ1n) is 9.33. The molecular formula is C23H24N2O3S. The minimum absolute atomic E-state index is 0.0840. The van der Waals surface area contributed by atoms with Gasteiger partial charge in [-0.05, 0) is 55.7 Å². The van der Waals surface area contributed by atoms with Crippen molar-refractivity contribution in [1.82, 2.24) is 5.32 Å². The molecule has 0 fully saturated rings. The molecule has 3 aromatic carbocycles. The second-order valence-electron chi connectivity index (χ2n) is 7.01. The molecule has 3 aromatic rings. The summed E-state index contributed by atoms with van der Waals surface area (Å²) in [5, 5.41) is 2.92. The molecule has 0 spiro atoms. The fraction of sp³-hybridized carbons (Fsp3) is 0.174. The lowest BCUT2D eigenvalue weighted by Gasteiger charge is -2.16. The second-order valence-corrected chi connectivity index (χ2v) is 8.66. The van der Waals surface area contributed by atoms with Crippen molar-refractivity contribution in [2.45, 2.75) is 31.7 Å². The standard InChI is InChI=1S/C23H24N2O3S/c1-16-9-7-8-12-21(16)25-29(27,28)22-15-20(14-13-17(22)2)23(26)24-18(3)19-10-5-4-6-11-19/h4-15,18,25H,1-3H3,(H,24,26). The summed E-state index contributed by atoms with van der Waals surface area (Å²) in [6, 6.07) is 21.3.